The van der Waals surface area contributed by atoms with E-state index in [4.69, 9.17) is 4.74 Å². The fourth-order valence-electron chi connectivity index (χ4n) is 1.76. The van der Waals surface area contributed by atoms with Crippen LogP contribution in [0.15, 0.2) is 18.2 Å². The first-order chi connectivity index (χ1) is 8.06. The fourth-order valence-corrected chi connectivity index (χ4v) is 1.76. The van der Waals surface area contributed by atoms with Gasteiger partial charge in [-0.3, -0.25) is 0 Å². The van der Waals surface area contributed by atoms with Crippen molar-refractivity contribution in [3.05, 3.63) is 29.6 Å². The van der Waals surface area contributed by atoms with E-state index in [1.54, 1.807) is 6.07 Å². The normalized spacial score (nSPS) is 12.8. The number of rotatable bonds is 6. The molecule has 0 saturated heterocycles. The molecule has 0 heterocycles. The molecule has 0 saturated carbocycles. The van der Waals surface area contributed by atoms with Gasteiger partial charge in [0.05, 0.1) is 6.10 Å². The van der Waals surface area contributed by atoms with Crippen molar-refractivity contribution in [2.75, 3.05) is 6.54 Å². The van der Waals surface area contributed by atoms with Crippen LogP contribution < -0.4 is 10.1 Å². The van der Waals surface area contributed by atoms with Crippen molar-refractivity contribution in [2.24, 2.45) is 0 Å². The van der Waals surface area contributed by atoms with Gasteiger partial charge in [0.2, 0.25) is 0 Å². The van der Waals surface area contributed by atoms with E-state index in [0.717, 1.165) is 13.0 Å². The highest BCUT2D eigenvalue weighted by atomic mass is 19.1. The maximum absolute atomic E-state index is 13.9. The fraction of sp³-hybridized carbons (Fsp3) is 0.571. The van der Waals surface area contributed by atoms with E-state index in [0.29, 0.717) is 11.3 Å². The summed E-state index contributed by atoms with van der Waals surface area (Å²) >= 11 is 0. The first-order valence-corrected chi connectivity index (χ1v) is 6.24. The van der Waals surface area contributed by atoms with Crippen LogP contribution in [0.4, 0.5) is 4.39 Å². The van der Waals surface area contributed by atoms with Crippen molar-refractivity contribution in [3.63, 3.8) is 0 Å². The molecule has 0 spiro atoms. The monoisotopic (exact) mass is 239 g/mol. The van der Waals surface area contributed by atoms with Crippen molar-refractivity contribution in [3.8, 4) is 5.75 Å². The summed E-state index contributed by atoms with van der Waals surface area (Å²) in [6, 6.07) is 4.95. The van der Waals surface area contributed by atoms with Crippen LogP contribution >= 0.6 is 0 Å². The van der Waals surface area contributed by atoms with Gasteiger partial charge in [-0.2, -0.15) is 0 Å². The summed E-state index contributed by atoms with van der Waals surface area (Å²) in [5.41, 5.74) is 0.620. The van der Waals surface area contributed by atoms with Crippen LogP contribution in [0, 0.1) is 5.82 Å². The Labute approximate surface area is 103 Å². The third kappa shape index (κ3) is 4.00. The van der Waals surface area contributed by atoms with Gasteiger partial charge in [0.15, 0.2) is 0 Å². The second-order valence-electron chi connectivity index (χ2n) is 4.49. The summed E-state index contributed by atoms with van der Waals surface area (Å²) in [7, 11) is 0. The van der Waals surface area contributed by atoms with Crippen molar-refractivity contribution >= 4 is 0 Å². The maximum atomic E-state index is 13.9. The molecule has 3 heteroatoms. The molecule has 2 nitrogen and oxygen atoms in total. The lowest BCUT2D eigenvalue weighted by molar-refractivity contribution is 0.236. The maximum Gasteiger partial charge on any atom is 0.131 e. The molecule has 0 fully saturated rings. The Morgan fingerprint density at radius 2 is 2.00 bits per heavy atom. The number of nitrogens with one attached hydrogen (secondary N) is 1. The molecule has 1 rings (SSSR count). The molecule has 0 amide bonds. The van der Waals surface area contributed by atoms with E-state index in [9.17, 15) is 4.39 Å². The summed E-state index contributed by atoms with van der Waals surface area (Å²) in [4.78, 5) is 0. The summed E-state index contributed by atoms with van der Waals surface area (Å²) in [6.07, 6.45) is 1.08. The average Bonchev–Trinajstić information content (AvgIpc) is 2.25. The number of ether oxygens (including phenoxy) is 1. The number of benzene rings is 1. The van der Waals surface area contributed by atoms with E-state index < -0.39 is 0 Å². The molecule has 0 radical (unpaired) electrons. The lowest BCUT2D eigenvalue weighted by Crippen LogP contribution is -2.21. The molecule has 1 N–H and O–H groups in total. The second-order valence-corrected chi connectivity index (χ2v) is 4.49. The Balaban J connectivity index is 2.93. The highest BCUT2D eigenvalue weighted by Crippen LogP contribution is 2.28. The Kier molecular flexibility index (Phi) is 5.42. The highest BCUT2D eigenvalue weighted by Gasteiger charge is 2.16. The number of hydrogen-bond acceptors (Lipinski definition) is 2. The zero-order chi connectivity index (χ0) is 12.8. The van der Waals surface area contributed by atoms with Gasteiger partial charge in [-0.1, -0.05) is 13.0 Å². The van der Waals surface area contributed by atoms with E-state index in [1.807, 2.05) is 26.8 Å². The van der Waals surface area contributed by atoms with Crippen molar-refractivity contribution in [2.45, 2.75) is 46.3 Å². The molecule has 1 atom stereocenters. The smallest absolute Gasteiger partial charge is 0.131 e. The molecule has 0 aliphatic rings. The quantitative estimate of drug-likeness (QED) is 0.817. The molecule has 17 heavy (non-hydrogen) atoms. The van der Waals surface area contributed by atoms with Crippen LogP contribution in [0.2, 0.25) is 0 Å². The Morgan fingerprint density at radius 3 is 2.59 bits per heavy atom. The van der Waals surface area contributed by atoms with E-state index in [1.165, 1.54) is 6.07 Å². The van der Waals surface area contributed by atoms with Crippen LogP contribution in [0.25, 0.3) is 0 Å². The van der Waals surface area contributed by atoms with E-state index >= 15 is 0 Å². The standard InChI is InChI=1S/C14H22FNO/c1-5-9-16-11(4)14-12(15)7-6-8-13(14)17-10(2)3/h6-8,10-11,16H,5,9H2,1-4H3. The van der Waals surface area contributed by atoms with Crippen molar-refractivity contribution in [1.29, 1.82) is 0 Å². The summed E-state index contributed by atoms with van der Waals surface area (Å²) in [5.74, 6) is 0.426. The van der Waals surface area contributed by atoms with Gasteiger partial charge >= 0.3 is 0 Å². The Hall–Kier alpha value is -1.09. The molecular formula is C14H22FNO. The van der Waals surface area contributed by atoms with Crippen LogP contribution in [0.1, 0.15) is 45.7 Å². The van der Waals surface area contributed by atoms with Crippen LogP contribution in [-0.4, -0.2) is 12.6 Å². The average molecular weight is 239 g/mol. The summed E-state index contributed by atoms with van der Waals surface area (Å²) in [5, 5.41) is 3.28. The Bertz CT molecular complexity index is 352. The van der Waals surface area contributed by atoms with Crippen molar-refractivity contribution < 1.29 is 9.13 Å². The van der Waals surface area contributed by atoms with Crippen LogP contribution in [0.3, 0.4) is 0 Å². The Morgan fingerprint density at radius 1 is 1.29 bits per heavy atom. The summed E-state index contributed by atoms with van der Waals surface area (Å²) in [6.45, 7) is 8.81. The molecule has 0 bridgehead atoms. The zero-order valence-electron chi connectivity index (χ0n) is 11.1. The lowest BCUT2D eigenvalue weighted by Gasteiger charge is -2.20. The predicted molar refractivity (Wildman–Crippen MR) is 68.9 cm³/mol. The van der Waals surface area contributed by atoms with Crippen LogP contribution in [-0.2, 0) is 0 Å². The van der Waals surface area contributed by atoms with E-state index in [-0.39, 0.29) is 18.0 Å². The van der Waals surface area contributed by atoms with E-state index in [2.05, 4.69) is 12.2 Å². The topological polar surface area (TPSA) is 21.3 Å². The van der Waals surface area contributed by atoms with Crippen LogP contribution in [0.5, 0.6) is 5.75 Å². The van der Waals surface area contributed by atoms with Gasteiger partial charge in [0, 0.05) is 11.6 Å². The third-order valence-corrected chi connectivity index (χ3v) is 2.51. The largest absolute Gasteiger partial charge is 0.491 e. The predicted octanol–water partition coefficient (Wildman–Crippen LogP) is 3.67. The molecule has 1 aromatic rings. The van der Waals surface area contributed by atoms with Crippen molar-refractivity contribution in [1.82, 2.24) is 5.32 Å². The molecule has 96 valence electrons. The SMILES string of the molecule is CCCNC(C)c1c(F)cccc1OC(C)C. The third-order valence-electron chi connectivity index (χ3n) is 2.51. The molecule has 1 unspecified atom stereocenters. The van der Waals surface area contributed by atoms with Gasteiger partial charge in [-0.25, -0.2) is 4.39 Å². The number of halogens is 1. The number of hydrogen-bond donors (Lipinski definition) is 1. The lowest BCUT2D eigenvalue weighted by atomic mass is 10.1. The van der Waals surface area contributed by atoms with Gasteiger partial charge in [0.25, 0.3) is 0 Å². The molecule has 0 aromatic heterocycles. The second kappa shape index (κ2) is 6.60. The minimum absolute atomic E-state index is 0.0371. The first-order valence-electron chi connectivity index (χ1n) is 6.24. The molecule has 0 aliphatic carbocycles. The van der Waals surface area contributed by atoms with Gasteiger partial charge in [-0.05, 0) is 45.9 Å². The summed E-state index contributed by atoms with van der Waals surface area (Å²) < 4.78 is 19.5. The molecule has 1 aromatic carbocycles. The minimum Gasteiger partial charge on any atom is -0.491 e. The first kappa shape index (κ1) is 14.0. The van der Waals surface area contributed by atoms with Gasteiger partial charge in [-0.15, -0.1) is 0 Å². The molecule has 0 aliphatic heterocycles. The minimum atomic E-state index is -0.209. The van der Waals surface area contributed by atoms with Gasteiger partial charge < -0.3 is 10.1 Å². The van der Waals surface area contributed by atoms with Gasteiger partial charge in [0.1, 0.15) is 11.6 Å². The molecular weight excluding hydrogens is 217 g/mol. The highest BCUT2D eigenvalue weighted by molar-refractivity contribution is 5.37. The zero-order valence-corrected chi connectivity index (χ0v) is 11.1.